The predicted molar refractivity (Wildman–Crippen MR) is 83.5 cm³/mol. The van der Waals surface area contributed by atoms with Crippen molar-refractivity contribution in [1.82, 2.24) is 10.0 Å². The lowest BCUT2D eigenvalue weighted by atomic mass is 10.2. The highest BCUT2D eigenvalue weighted by atomic mass is 32.2. The van der Waals surface area contributed by atoms with Crippen LogP contribution in [0.3, 0.4) is 0 Å². The smallest absolute Gasteiger partial charge is 0.240 e. The number of nitrogens with two attached hydrogens (primary N) is 1. The Kier molecular flexibility index (Phi) is 6.44. The lowest BCUT2D eigenvalue weighted by Gasteiger charge is -2.11. The van der Waals surface area contributed by atoms with Crippen molar-refractivity contribution in [2.75, 3.05) is 31.2 Å². The summed E-state index contributed by atoms with van der Waals surface area (Å²) in [5, 5.41) is 5.74. The molecule has 1 aromatic carbocycles. The zero-order chi connectivity index (χ0) is 15.9. The maximum Gasteiger partial charge on any atom is 0.240 e. The van der Waals surface area contributed by atoms with Crippen molar-refractivity contribution in [2.45, 2.75) is 24.7 Å². The van der Waals surface area contributed by atoms with E-state index in [0.29, 0.717) is 30.9 Å². The minimum Gasteiger partial charge on any atom is -0.397 e. The highest BCUT2D eigenvalue weighted by molar-refractivity contribution is 7.89. The fraction of sp³-hybridized carbons (Fsp3) is 0.462. The molecule has 1 amide bonds. The molecule has 7 nitrogen and oxygen atoms in total. The first-order valence-electron chi connectivity index (χ1n) is 6.74. The SMILES string of the molecule is CCCNC(=O)CCNc1cc(S(=O)(=O)NC)ccc1N. The molecular weight excluding hydrogens is 292 g/mol. The molecule has 0 atom stereocenters. The Morgan fingerprint density at radius 2 is 2.00 bits per heavy atom. The van der Waals surface area contributed by atoms with Gasteiger partial charge >= 0.3 is 0 Å². The summed E-state index contributed by atoms with van der Waals surface area (Å²) in [5.41, 5.74) is 6.72. The minimum atomic E-state index is -3.52. The Morgan fingerprint density at radius 1 is 1.29 bits per heavy atom. The van der Waals surface area contributed by atoms with Crippen LogP contribution >= 0.6 is 0 Å². The Bertz CT molecular complexity index is 587. The number of benzene rings is 1. The third-order valence-corrected chi connectivity index (χ3v) is 4.26. The largest absolute Gasteiger partial charge is 0.397 e. The molecule has 0 fully saturated rings. The molecule has 0 radical (unpaired) electrons. The van der Waals surface area contributed by atoms with E-state index in [2.05, 4.69) is 15.4 Å². The Labute approximate surface area is 125 Å². The van der Waals surface area contributed by atoms with Crippen LogP contribution in [0.5, 0.6) is 0 Å². The zero-order valence-corrected chi connectivity index (χ0v) is 13.1. The quantitative estimate of drug-likeness (QED) is 0.522. The van der Waals surface area contributed by atoms with E-state index in [0.717, 1.165) is 6.42 Å². The molecular formula is C13H22N4O3S. The average Bonchev–Trinajstić information content (AvgIpc) is 2.46. The van der Waals surface area contributed by atoms with Crippen LogP contribution < -0.4 is 21.1 Å². The number of hydrogen-bond acceptors (Lipinski definition) is 5. The van der Waals surface area contributed by atoms with Crippen LogP contribution in [-0.2, 0) is 14.8 Å². The molecule has 0 heterocycles. The average molecular weight is 314 g/mol. The van der Waals surface area contributed by atoms with Crippen molar-refractivity contribution in [3.63, 3.8) is 0 Å². The van der Waals surface area contributed by atoms with Gasteiger partial charge in [-0.25, -0.2) is 13.1 Å². The lowest BCUT2D eigenvalue weighted by molar-refractivity contribution is -0.120. The van der Waals surface area contributed by atoms with Gasteiger partial charge in [-0.3, -0.25) is 4.79 Å². The molecule has 0 aliphatic rings. The summed E-state index contributed by atoms with van der Waals surface area (Å²) in [5.74, 6) is -0.0538. The molecule has 0 saturated heterocycles. The highest BCUT2D eigenvalue weighted by Crippen LogP contribution is 2.22. The number of carbonyl (C=O) groups is 1. The van der Waals surface area contributed by atoms with E-state index < -0.39 is 10.0 Å². The van der Waals surface area contributed by atoms with Crippen LogP contribution in [-0.4, -0.2) is 34.5 Å². The molecule has 118 valence electrons. The highest BCUT2D eigenvalue weighted by Gasteiger charge is 2.13. The fourth-order valence-electron chi connectivity index (χ4n) is 1.64. The number of rotatable bonds is 8. The first kappa shape index (κ1) is 17.3. The van der Waals surface area contributed by atoms with Gasteiger partial charge in [0.05, 0.1) is 16.3 Å². The van der Waals surface area contributed by atoms with Gasteiger partial charge in [-0.05, 0) is 31.7 Å². The van der Waals surface area contributed by atoms with E-state index in [9.17, 15) is 13.2 Å². The Morgan fingerprint density at radius 3 is 2.62 bits per heavy atom. The maximum absolute atomic E-state index is 11.7. The topological polar surface area (TPSA) is 113 Å². The van der Waals surface area contributed by atoms with Gasteiger partial charge in [-0.15, -0.1) is 0 Å². The Balaban J connectivity index is 2.67. The van der Waals surface area contributed by atoms with Crippen LogP contribution in [0.2, 0.25) is 0 Å². The number of amides is 1. The predicted octanol–water partition coefficient (Wildman–Crippen LogP) is 0.505. The van der Waals surface area contributed by atoms with Crippen molar-refractivity contribution in [2.24, 2.45) is 0 Å². The number of sulfonamides is 1. The molecule has 1 aromatic rings. The van der Waals surface area contributed by atoms with E-state index in [1.165, 1.54) is 25.2 Å². The first-order valence-corrected chi connectivity index (χ1v) is 8.22. The molecule has 5 N–H and O–H groups in total. The van der Waals surface area contributed by atoms with Gasteiger partial charge in [-0.2, -0.15) is 0 Å². The molecule has 0 bridgehead atoms. The van der Waals surface area contributed by atoms with Crippen molar-refractivity contribution in [1.29, 1.82) is 0 Å². The monoisotopic (exact) mass is 314 g/mol. The number of anilines is 2. The molecule has 0 aliphatic heterocycles. The van der Waals surface area contributed by atoms with Crippen LogP contribution in [0.15, 0.2) is 23.1 Å². The second-order valence-electron chi connectivity index (χ2n) is 4.48. The summed E-state index contributed by atoms with van der Waals surface area (Å²) < 4.78 is 25.7. The minimum absolute atomic E-state index is 0.0538. The maximum atomic E-state index is 11.7. The second-order valence-corrected chi connectivity index (χ2v) is 6.37. The van der Waals surface area contributed by atoms with E-state index in [4.69, 9.17) is 5.73 Å². The summed E-state index contributed by atoms with van der Waals surface area (Å²) in [6.07, 6.45) is 1.18. The molecule has 0 spiro atoms. The van der Waals surface area contributed by atoms with Gasteiger partial charge in [-0.1, -0.05) is 6.92 Å². The van der Waals surface area contributed by atoms with Crippen LogP contribution in [0.25, 0.3) is 0 Å². The number of nitrogen functional groups attached to an aromatic ring is 1. The van der Waals surface area contributed by atoms with Crippen LogP contribution in [0.4, 0.5) is 11.4 Å². The van der Waals surface area contributed by atoms with E-state index in [-0.39, 0.29) is 10.8 Å². The number of carbonyl (C=O) groups excluding carboxylic acids is 1. The van der Waals surface area contributed by atoms with E-state index in [1.54, 1.807) is 0 Å². The van der Waals surface area contributed by atoms with Crippen molar-refractivity contribution in [3.05, 3.63) is 18.2 Å². The number of hydrogen-bond donors (Lipinski definition) is 4. The van der Waals surface area contributed by atoms with Gasteiger partial charge in [0.25, 0.3) is 0 Å². The van der Waals surface area contributed by atoms with Gasteiger partial charge < -0.3 is 16.4 Å². The molecule has 0 aromatic heterocycles. The summed E-state index contributed by atoms with van der Waals surface area (Å²) in [4.78, 5) is 11.6. The molecule has 0 unspecified atom stereocenters. The van der Waals surface area contributed by atoms with Gasteiger partial charge in [0, 0.05) is 19.5 Å². The van der Waals surface area contributed by atoms with Crippen LogP contribution in [0.1, 0.15) is 19.8 Å². The molecule has 21 heavy (non-hydrogen) atoms. The molecule has 8 heteroatoms. The molecule has 0 saturated carbocycles. The summed E-state index contributed by atoms with van der Waals surface area (Å²) >= 11 is 0. The first-order chi connectivity index (χ1) is 9.90. The zero-order valence-electron chi connectivity index (χ0n) is 12.3. The number of nitrogens with one attached hydrogen (secondary N) is 3. The summed E-state index contributed by atoms with van der Waals surface area (Å²) in [6.45, 7) is 3.01. The van der Waals surface area contributed by atoms with Gasteiger partial charge in [0.1, 0.15) is 0 Å². The van der Waals surface area contributed by atoms with Crippen molar-refractivity contribution in [3.8, 4) is 0 Å². The normalized spacial score (nSPS) is 11.1. The van der Waals surface area contributed by atoms with Crippen molar-refractivity contribution >= 4 is 27.3 Å². The second kappa shape index (κ2) is 7.84. The van der Waals surface area contributed by atoms with Crippen molar-refractivity contribution < 1.29 is 13.2 Å². The summed E-state index contributed by atoms with van der Waals surface area (Å²) in [7, 11) is -2.17. The Hall–Kier alpha value is -1.80. The van der Waals surface area contributed by atoms with Crippen LogP contribution in [0, 0.1) is 0 Å². The molecule has 0 aliphatic carbocycles. The third kappa shape index (κ3) is 5.24. The van der Waals surface area contributed by atoms with Gasteiger partial charge in [0.2, 0.25) is 15.9 Å². The standard InChI is InChI=1S/C13H22N4O3S/c1-3-7-17-13(18)6-8-16-12-9-10(4-5-11(12)14)21(19,20)15-2/h4-5,9,15-16H,3,6-8,14H2,1-2H3,(H,17,18). The third-order valence-electron chi connectivity index (χ3n) is 2.84. The van der Waals surface area contributed by atoms with E-state index >= 15 is 0 Å². The fourth-order valence-corrected chi connectivity index (χ4v) is 2.39. The molecule has 1 rings (SSSR count). The van der Waals surface area contributed by atoms with E-state index in [1.807, 2.05) is 6.92 Å². The lowest BCUT2D eigenvalue weighted by Crippen LogP contribution is -2.26. The summed E-state index contributed by atoms with van der Waals surface area (Å²) in [6, 6.07) is 4.40. The van der Waals surface area contributed by atoms with Gasteiger partial charge in [0.15, 0.2) is 0 Å².